The van der Waals surface area contributed by atoms with E-state index >= 15 is 0 Å². The molecule has 0 aliphatic heterocycles. The van der Waals surface area contributed by atoms with E-state index in [0.29, 0.717) is 9.49 Å². The molecule has 0 aliphatic carbocycles. The summed E-state index contributed by atoms with van der Waals surface area (Å²) in [6.07, 6.45) is 3.22. The smallest absolute Gasteiger partial charge is 0.251 e. The fourth-order valence-electron chi connectivity index (χ4n) is 1.02. The molecule has 6 heteroatoms. The van der Waals surface area contributed by atoms with Gasteiger partial charge in [-0.3, -0.25) is 0 Å². The van der Waals surface area contributed by atoms with E-state index in [0.717, 1.165) is 15.4 Å². The second-order valence-corrected chi connectivity index (χ2v) is 5.43. The molecule has 0 N–H and O–H groups in total. The molecule has 0 radical (unpaired) electrons. The second-order valence-electron chi connectivity index (χ2n) is 2.73. The Kier molecular flexibility index (Phi) is 3.45. The van der Waals surface area contributed by atoms with Crippen LogP contribution in [0.2, 0.25) is 4.47 Å². The van der Waals surface area contributed by atoms with E-state index in [-0.39, 0.29) is 0 Å². The van der Waals surface area contributed by atoms with Crippen LogP contribution >= 0.6 is 34.7 Å². The van der Waals surface area contributed by atoms with Crippen molar-refractivity contribution < 1.29 is 4.73 Å². The molecular formula is C9H7ClN2OS2. The molecule has 0 aliphatic rings. The number of thioether (sulfide) groups is 1. The minimum atomic E-state index is 0.536. The van der Waals surface area contributed by atoms with Crippen LogP contribution in [0.4, 0.5) is 0 Å². The maximum absolute atomic E-state index is 11.3. The first kappa shape index (κ1) is 10.7. The van der Waals surface area contributed by atoms with Crippen molar-refractivity contribution in [1.82, 2.24) is 4.98 Å². The topological polar surface area (TPSA) is 39.8 Å². The highest BCUT2D eigenvalue weighted by molar-refractivity contribution is 7.98. The number of halogens is 1. The number of aromatic nitrogens is 2. The van der Waals surface area contributed by atoms with Gasteiger partial charge in [-0.05, 0) is 6.07 Å². The molecule has 0 fully saturated rings. The van der Waals surface area contributed by atoms with Gasteiger partial charge in [-0.1, -0.05) is 23.4 Å². The van der Waals surface area contributed by atoms with Crippen LogP contribution < -0.4 is 4.73 Å². The lowest BCUT2D eigenvalue weighted by Gasteiger charge is -2.01. The zero-order valence-corrected chi connectivity index (χ0v) is 9.98. The molecule has 0 atom stereocenters. The first-order valence-electron chi connectivity index (χ1n) is 4.17. The first-order valence-corrected chi connectivity index (χ1v) is 6.35. The highest BCUT2D eigenvalue weighted by Gasteiger charge is 2.06. The van der Waals surface area contributed by atoms with Gasteiger partial charge in [0.25, 0.3) is 5.03 Å². The second kappa shape index (κ2) is 4.83. The summed E-state index contributed by atoms with van der Waals surface area (Å²) in [5.41, 5.74) is 0. The summed E-state index contributed by atoms with van der Waals surface area (Å²) in [7, 11) is 0. The zero-order valence-electron chi connectivity index (χ0n) is 7.59. The summed E-state index contributed by atoms with van der Waals surface area (Å²) in [6, 6.07) is 5.34. The van der Waals surface area contributed by atoms with Crippen LogP contribution in [-0.4, -0.2) is 4.98 Å². The molecule has 0 aromatic carbocycles. The van der Waals surface area contributed by atoms with Crippen molar-refractivity contribution in [3.63, 3.8) is 0 Å². The molecule has 2 aromatic rings. The Bertz CT molecular complexity index is 461. The van der Waals surface area contributed by atoms with Gasteiger partial charge in [0.2, 0.25) is 0 Å². The van der Waals surface area contributed by atoms with Gasteiger partial charge in [0, 0.05) is 29.0 Å². The van der Waals surface area contributed by atoms with Crippen molar-refractivity contribution in [1.29, 1.82) is 0 Å². The zero-order chi connectivity index (χ0) is 10.7. The van der Waals surface area contributed by atoms with E-state index < -0.39 is 0 Å². The van der Waals surface area contributed by atoms with Gasteiger partial charge in [-0.25, -0.2) is 4.98 Å². The van der Waals surface area contributed by atoms with Crippen LogP contribution in [0.3, 0.4) is 0 Å². The Labute approximate surface area is 100 Å². The van der Waals surface area contributed by atoms with Gasteiger partial charge < -0.3 is 5.21 Å². The van der Waals surface area contributed by atoms with Crippen LogP contribution in [0, 0.1) is 5.21 Å². The quantitative estimate of drug-likeness (QED) is 0.483. The van der Waals surface area contributed by atoms with Gasteiger partial charge in [-0.15, -0.1) is 11.3 Å². The lowest BCUT2D eigenvalue weighted by atomic mass is 10.5. The minimum absolute atomic E-state index is 0.536. The lowest BCUT2D eigenvalue weighted by molar-refractivity contribution is -0.645. The van der Waals surface area contributed by atoms with Crippen LogP contribution in [0.1, 0.15) is 4.88 Å². The number of thiazole rings is 1. The monoisotopic (exact) mass is 258 g/mol. The SMILES string of the molecule is [O-][n+]1ccccc1SCc1cnc(Cl)s1. The van der Waals surface area contributed by atoms with Crippen molar-refractivity contribution in [3.05, 3.63) is 45.1 Å². The third-order valence-electron chi connectivity index (χ3n) is 1.68. The summed E-state index contributed by atoms with van der Waals surface area (Å²) in [4.78, 5) is 5.00. The molecule has 0 unspecified atom stereocenters. The molecule has 2 heterocycles. The lowest BCUT2D eigenvalue weighted by Crippen LogP contribution is -2.27. The van der Waals surface area contributed by atoms with Gasteiger partial charge in [-0.2, -0.15) is 4.73 Å². The molecule has 3 nitrogen and oxygen atoms in total. The van der Waals surface area contributed by atoms with E-state index in [1.165, 1.54) is 29.3 Å². The summed E-state index contributed by atoms with van der Waals surface area (Å²) < 4.78 is 1.39. The molecule has 15 heavy (non-hydrogen) atoms. The highest BCUT2D eigenvalue weighted by atomic mass is 35.5. The summed E-state index contributed by atoms with van der Waals surface area (Å²) in [5, 5.41) is 12.0. The Morgan fingerprint density at radius 1 is 1.53 bits per heavy atom. The molecule has 2 aromatic heterocycles. The fraction of sp³-hybridized carbons (Fsp3) is 0.111. The van der Waals surface area contributed by atoms with Crippen molar-refractivity contribution in [2.75, 3.05) is 0 Å². The largest absolute Gasteiger partial charge is 0.618 e. The van der Waals surface area contributed by atoms with Crippen LogP contribution in [0.15, 0.2) is 35.6 Å². The maximum Gasteiger partial charge on any atom is 0.251 e. The standard InChI is InChI=1S/C9H7ClN2OS2/c10-9-11-5-7(15-9)6-14-8-3-1-2-4-12(8)13/h1-5H,6H2. The minimum Gasteiger partial charge on any atom is -0.618 e. The fourth-order valence-corrected chi connectivity index (χ4v) is 2.93. The predicted octanol–water partition coefficient (Wildman–Crippen LogP) is 2.72. The van der Waals surface area contributed by atoms with Crippen molar-refractivity contribution >= 4 is 34.7 Å². The molecule has 0 spiro atoms. The van der Waals surface area contributed by atoms with Gasteiger partial charge in [0.15, 0.2) is 10.7 Å². The van der Waals surface area contributed by atoms with Crippen molar-refractivity contribution in [3.8, 4) is 0 Å². The number of pyridine rings is 1. The number of hydrogen-bond acceptors (Lipinski definition) is 4. The van der Waals surface area contributed by atoms with Crippen molar-refractivity contribution in [2.45, 2.75) is 10.8 Å². The molecular weight excluding hydrogens is 252 g/mol. The molecule has 2 rings (SSSR count). The van der Waals surface area contributed by atoms with Crippen LogP contribution in [-0.2, 0) is 5.75 Å². The third kappa shape index (κ3) is 2.84. The number of nitrogens with zero attached hydrogens (tertiary/aromatic N) is 2. The number of rotatable bonds is 3. The van der Waals surface area contributed by atoms with Gasteiger partial charge in [0.05, 0.1) is 0 Å². The van der Waals surface area contributed by atoms with Crippen LogP contribution in [0.25, 0.3) is 0 Å². The molecule has 0 bridgehead atoms. The third-order valence-corrected chi connectivity index (χ3v) is 4.04. The molecule has 0 saturated heterocycles. The maximum atomic E-state index is 11.3. The Morgan fingerprint density at radius 2 is 2.40 bits per heavy atom. The van der Waals surface area contributed by atoms with Crippen LogP contribution in [0.5, 0.6) is 0 Å². The van der Waals surface area contributed by atoms with E-state index in [1.807, 2.05) is 6.07 Å². The highest BCUT2D eigenvalue weighted by Crippen LogP contribution is 2.25. The predicted molar refractivity (Wildman–Crippen MR) is 62.1 cm³/mol. The van der Waals surface area contributed by atoms with Gasteiger partial charge in [0.1, 0.15) is 0 Å². The summed E-state index contributed by atoms with van der Waals surface area (Å²) in [5.74, 6) is 0.719. The first-order chi connectivity index (χ1) is 7.25. The molecule has 0 saturated carbocycles. The van der Waals surface area contributed by atoms with E-state index in [1.54, 1.807) is 18.3 Å². The Balaban J connectivity index is 2.02. The number of hydrogen-bond donors (Lipinski definition) is 0. The Morgan fingerprint density at radius 3 is 3.07 bits per heavy atom. The summed E-state index contributed by atoms with van der Waals surface area (Å²) >= 11 is 8.62. The Hall–Kier alpha value is -0.780. The average molecular weight is 259 g/mol. The van der Waals surface area contributed by atoms with Gasteiger partial charge >= 0.3 is 0 Å². The van der Waals surface area contributed by atoms with E-state index in [4.69, 9.17) is 11.6 Å². The molecule has 78 valence electrons. The summed E-state index contributed by atoms with van der Waals surface area (Å²) in [6.45, 7) is 0. The molecule has 0 amide bonds. The normalized spacial score (nSPS) is 10.5. The van der Waals surface area contributed by atoms with Crippen molar-refractivity contribution in [2.24, 2.45) is 0 Å². The van der Waals surface area contributed by atoms with E-state index in [2.05, 4.69) is 4.98 Å². The van der Waals surface area contributed by atoms with E-state index in [9.17, 15) is 5.21 Å². The average Bonchev–Trinajstić information content (AvgIpc) is 2.63.